The first kappa shape index (κ1) is 16.2. The van der Waals surface area contributed by atoms with E-state index in [2.05, 4.69) is 56.0 Å². The summed E-state index contributed by atoms with van der Waals surface area (Å²) < 4.78 is 2.23. The molecule has 19 heavy (non-hydrogen) atoms. The SMILES string of the molecule is CC(C)CN(C(C)C)C(CN)c1cncn1C(C)C. The summed E-state index contributed by atoms with van der Waals surface area (Å²) in [4.78, 5) is 6.80. The molecule has 1 unspecified atom stereocenters. The molecule has 1 atom stereocenters. The van der Waals surface area contributed by atoms with Gasteiger partial charge >= 0.3 is 0 Å². The molecule has 0 radical (unpaired) electrons. The Morgan fingerprint density at radius 1 is 1.21 bits per heavy atom. The van der Waals surface area contributed by atoms with E-state index in [-0.39, 0.29) is 6.04 Å². The van der Waals surface area contributed by atoms with Crippen LogP contribution in [0.3, 0.4) is 0 Å². The molecule has 1 aromatic heterocycles. The minimum Gasteiger partial charge on any atom is -0.331 e. The van der Waals surface area contributed by atoms with Gasteiger partial charge in [0.1, 0.15) is 0 Å². The Balaban J connectivity index is 3.05. The second-order valence-electron chi connectivity index (χ2n) is 6.26. The standard InChI is InChI=1S/C15H30N4/c1-11(2)9-18(12(3)4)14(7-16)15-8-17-10-19(15)13(5)6/h8,10-14H,7,9,16H2,1-6H3. The summed E-state index contributed by atoms with van der Waals surface area (Å²) >= 11 is 0. The van der Waals surface area contributed by atoms with Gasteiger partial charge in [-0.2, -0.15) is 0 Å². The third-order valence-corrected chi connectivity index (χ3v) is 3.46. The predicted molar refractivity (Wildman–Crippen MR) is 81.1 cm³/mol. The van der Waals surface area contributed by atoms with Gasteiger partial charge in [-0.1, -0.05) is 13.8 Å². The molecule has 0 aliphatic heterocycles. The van der Waals surface area contributed by atoms with E-state index in [0.29, 0.717) is 24.5 Å². The van der Waals surface area contributed by atoms with Crippen molar-refractivity contribution in [2.24, 2.45) is 11.7 Å². The zero-order chi connectivity index (χ0) is 14.6. The van der Waals surface area contributed by atoms with Crippen molar-refractivity contribution in [2.45, 2.75) is 59.7 Å². The van der Waals surface area contributed by atoms with Crippen LogP contribution in [-0.2, 0) is 0 Å². The number of hydrogen-bond acceptors (Lipinski definition) is 3. The van der Waals surface area contributed by atoms with Crippen LogP contribution in [0, 0.1) is 5.92 Å². The summed E-state index contributed by atoms with van der Waals surface area (Å²) in [5.74, 6) is 0.631. The van der Waals surface area contributed by atoms with Crippen LogP contribution in [0.1, 0.15) is 59.3 Å². The molecule has 1 aromatic rings. The van der Waals surface area contributed by atoms with E-state index in [9.17, 15) is 0 Å². The van der Waals surface area contributed by atoms with Crippen LogP contribution < -0.4 is 5.73 Å². The van der Waals surface area contributed by atoms with Crippen LogP contribution in [0.25, 0.3) is 0 Å². The summed E-state index contributed by atoms with van der Waals surface area (Å²) in [7, 11) is 0. The van der Waals surface area contributed by atoms with E-state index in [1.807, 2.05) is 12.5 Å². The Morgan fingerprint density at radius 3 is 2.26 bits per heavy atom. The van der Waals surface area contributed by atoms with Gasteiger partial charge in [0.2, 0.25) is 0 Å². The van der Waals surface area contributed by atoms with E-state index in [0.717, 1.165) is 6.54 Å². The molecule has 0 bridgehead atoms. The highest BCUT2D eigenvalue weighted by Crippen LogP contribution is 2.25. The first-order valence-corrected chi connectivity index (χ1v) is 7.36. The molecule has 0 aliphatic carbocycles. The lowest BCUT2D eigenvalue weighted by Crippen LogP contribution is -2.41. The van der Waals surface area contributed by atoms with E-state index in [1.165, 1.54) is 5.69 Å². The van der Waals surface area contributed by atoms with Crippen LogP contribution in [0.5, 0.6) is 0 Å². The Kier molecular flexibility index (Phi) is 6.01. The lowest BCUT2D eigenvalue weighted by atomic mass is 10.1. The molecule has 1 rings (SSSR count). The number of imidazole rings is 1. The lowest BCUT2D eigenvalue weighted by Gasteiger charge is -2.36. The van der Waals surface area contributed by atoms with Gasteiger partial charge in [-0.15, -0.1) is 0 Å². The summed E-state index contributed by atoms with van der Waals surface area (Å²) in [5.41, 5.74) is 7.29. The monoisotopic (exact) mass is 266 g/mol. The highest BCUT2D eigenvalue weighted by molar-refractivity contribution is 5.08. The summed E-state index contributed by atoms with van der Waals surface area (Å²) in [6.45, 7) is 15.0. The number of rotatable bonds is 7. The van der Waals surface area contributed by atoms with Crippen molar-refractivity contribution < 1.29 is 0 Å². The molecular formula is C15H30N4. The Bertz CT molecular complexity index is 368. The van der Waals surface area contributed by atoms with Crippen molar-refractivity contribution in [1.29, 1.82) is 0 Å². The molecule has 0 aromatic carbocycles. The van der Waals surface area contributed by atoms with Gasteiger partial charge < -0.3 is 10.3 Å². The van der Waals surface area contributed by atoms with Crippen LogP contribution >= 0.6 is 0 Å². The van der Waals surface area contributed by atoms with Gasteiger partial charge in [0, 0.05) is 31.4 Å². The highest BCUT2D eigenvalue weighted by Gasteiger charge is 2.25. The maximum Gasteiger partial charge on any atom is 0.0951 e. The van der Waals surface area contributed by atoms with Crippen LogP contribution in [0.4, 0.5) is 0 Å². The summed E-state index contributed by atoms with van der Waals surface area (Å²) in [5, 5.41) is 0. The van der Waals surface area contributed by atoms with Crippen molar-refractivity contribution in [1.82, 2.24) is 14.5 Å². The third-order valence-electron chi connectivity index (χ3n) is 3.46. The minimum absolute atomic E-state index is 0.243. The number of hydrogen-bond donors (Lipinski definition) is 1. The molecule has 0 fully saturated rings. The topological polar surface area (TPSA) is 47.1 Å². The Hall–Kier alpha value is -0.870. The molecule has 0 spiro atoms. The first-order valence-electron chi connectivity index (χ1n) is 7.36. The van der Waals surface area contributed by atoms with Gasteiger partial charge in [0.05, 0.1) is 18.1 Å². The largest absolute Gasteiger partial charge is 0.331 e. The summed E-state index contributed by atoms with van der Waals surface area (Å²) in [6.07, 6.45) is 3.88. The quantitative estimate of drug-likeness (QED) is 0.825. The fourth-order valence-corrected chi connectivity index (χ4v) is 2.55. The molecule has 0 amide bonds. The number of nitrogens with two attached hydrogens (primary N) is 1. The molecule has 0 aliphatic rings. The molecule has 1 heterocycles. The normalized spacial score (nSPS) is 14.1. The van der Waals surface area contributed by atoms with Crippen molar-refractivity contribution in [2.75, 3.05) is 13.1 Å². The van der Waals surface area contributed by atoms with Crippen molar-refractivity contribution >= 4 is 0 Å². The number of nitrogens with zero attached hydrogens (tertiary/aromatic N) is 3. The molecule has 110 valence electrons. The van der Waals surface area contributed by atoms with Gasteiger partial charge in [-0.05, 0) is 33.6 Å². The Morgan fingerprint density at radius 2 is 1.84 bits per heavy atom. The fraction of sp³-hybridized carbons (Fsp3) is 0.800. The van der Waals surface area contributed by atoms with Crippen molar-refractivity contribution in [3.05, 3.63) is 18.2 Å². The average molecular weight is 266 g/mol. The lowest BCUT2D eigenvalue weighted by molar-refractivity contribution is 0.132. The zero-order valence-electron chi connectivity index (χ0n) is 13.3. The fourth-order valence-electron chi connectivity index (χ4n) is 2.55. The van der Waals surface area contributed by atoms with Crippen LogP contribution in [-0.4, -0.2) is 33.6 Å². The Labute approximate surface area is 118 Å². The first-order chi connectivity index (χ1) is 8.88. The van der Waals surface area contributed by atoms with Gasteiger partial charge in [0.15, 0.2) is 0 Å². The maximum atomic E-state index is 6.06. The van der Waals surface area contributed by atoms with Crippen LogP contribution in [0.15, 0.2) is 12.5 Å². The minimum atomic E-state index is 0.243. The van der Waals surface area contributed by atoms with E-state index in [4.69, 9.17) is 5.73 Å². The van der Waals surface area contributed by atoms with E-state index in [1.54, 1.807) is 0 Å². The van der Waals surface area contributed by atoms with Gasteiger partial charge in [0.25, 0.3) is 0 Å². The second kappa shape index (κ2) is 7.06. The van der Waals surface area contributed by atoms with Gasteiger partial charge in [-0.25, -0.2) is 4.98 Å². The van der Waals surface area contributed by atoms with E-state index < -0.39 is 0 Å². The highest BCUT2D eigenvalue weighted by atomic mass is 15.2. The third kappa shape index (κ3) is 4.05. The summed E-state index contributed by atoms with van der Waals surface area (Å²) in [6, 6.07) is 1.14. The van der Waals surface area contributed by atoms with Crippen molar-refractivity contribution in [3.8, 4) is 0 Å². The molecule has 4 nitrogen and oxygen atoms in total. The molecule has 4 heteroatoms. The molecular weight excluding hydrogens is 236 g/mol. The van der Waals surface area contributed by atoms with Crippen molar-refractivity contribution in [3.63, 3.8) is 0 Å². The zero-order valence-corrected chi connectivity index (χ0v) is 13.3. The second-order valence-corrected chi connectivity index (χ2v) is 6.26. The number of aromatic nitrogens is 2. The van der Waals surface area contributed by atoms with E-state index >= 15 is 0 Å². The average Bonchev–Trinajstić information content (AvgIpc) is 2.77. The van der Waals surface area contributed by atoms with Crippen LogP contribution in [0.2, 0.25) is 0 Å². The molecule has 0 saturated heterocycles. The maximum absolute atomic E-state index is 6.06. The smallest absolute Gasteiger partial charge is 0.0951 e. The molecule has 2 N–H and O–H groups in total. The predicted octanol–water partition coefficient (Wildman–Crippen LogP) is 2.83. The molecule has 0 saturated carbocycles. The van der Waals surface area contributed by atoms with Gasteiger partial charge in [-0.3, -0.25) is 4.90 Å².